The van der Waals surface area contributed by atoms with Crippen molar-refractivity contribution in [1.29, 1.82) is 0 Å². The van der Waals surface area contributed by atoms with Gasteiger partial charge in [-0.3, -0.25) is 0 Å². The van der Waals surface area contributed by atoms with Gasteiger partial charge in [0.1, 0.15) is 0 Å². The monoisotopic (exact) mass is 514 g/mol. The molecule has 0 saturated carbocycles. The fraction of sp³-hybridized carbons (Fsp3) is 0.200. The summed E-state index contributed by atoms with van der Waals surface area (Å²) in [5.41, 5.74) is 0.341. The molecule has 0 aliphatic heterocycles. The first-order valence-corrected chi connectivity index (χ1v) is 10.7. The van der Waals surface area contributed by atoms with Gasteiger partial charge in [-0.15, -0.1) is 0 Å². The van der Waals surface area contributed by atoms with Crippen LogP contribution in [0.4, 0.5) is 32.0 Å². The molecule has 0 fully saturated rings. The van der Waals surface area contributed by atoms with Crippen molar-refractivity contribution in [3.63, 3.8) is 0 Å². The molecule has 10 heteroatoms. The molecule has 35 heavy (non-hydrogen) atoms. The van der Waals surface area contributed by atoms with Crippen LogP contribution in [0.15, 0.2) is 78.6 Å². The van der Waals surface area contributed by atoms with Gasteiger partial charge >= 0.3 is 12.4 Å². The second kappa shape index (κ2) is 10.6. The molecule has 0 saturated heterocycles. The lowest BCUT2D eigenvalue weighted by Gasteiger charge is -2.17. The summed E-state index contributed by atoms with van der Waals surface area (Å²) < 4.78 is 78.3. The molecule has 0 heterocycles. The van der Waals surface area contributed by atoms with E-state index in [4.69, 9.17) is 11.6 Å². The Morgan fingerprint density at radius 3 is 2.06 bits per heavy atom. The van der Waals surface area contributed by atoms with Gasteiger partial charge in [-0.1, -0.05) is 48.0 Å². The summed E-state index contributed by atoms with van der Waals surface area (Å²) in [6, 6.07) is 15.3. The van der Waals surface area contributed by atoms with E-state index in [1.807, 2.05) is 0 Å². The lowest BCUT2D eigenvalue weighted by Crippen LogP contribution is -2.24. The summed E-state index contributed by atoms with van der Waals surface area (Å²) in [5, 5.41) is 15.4. The van der Waals surface area contributed by atoms with E-state index in [9.17, 15) is 31.4 Å². The van der Waals surface area contributed by atoms with Crippen molar-refractivity contribution in [1.82, 2.24) is 5.32 Å². The molecular formula is C25H21ClF6N2O. The molecule has 3 aromatic carbocycles. The quantitative estimate of drug-likeness (QED) is 0.287. The van der Waals surface area contributed by atoms with E-state index in [2.05, 4.69) is 10.6 Å². The smallest absolute Gasteiger partial charge is 0.387 e. The molecule has 0 amide bonds. The minimum absolute atomic E-state index is 0.0334. The topological polar surface area (TPSA) is 44.3 Å². The third kappa shape index (κ3) is 6.93. The van der Waals surface area contributed by atoms with Crippen LogP contribution in [0.1, 0.15) is 23.6 Å². The van der Waals surface area contributed by atoms with Gasteiger partial charge in [-0.05, 0) is 53.9 Å². The average Bonchev–Trinajstić information content (AvgIpc) is 2.78. The second-order valence-electron chi connectivity index (χ2n) is 7.70. The summed E-state index contributed by atoms with van der Waals surface area (Å²) in [6.45, 7) is 1.31. The molecular weight excluding hydrogens is 494 g/mol. The first-order valence-electron chi connectivity index (χ1n) is 10.4. The Balaban J connectivity index is 1.71. The van der Waals surface area contributed by atoms with E-state index in [0.29, 0.717) is 16.8 Å². The van der Waals surface area contributed by atoms with Gasteiger partial charge < -0.3 is 15.7 Å². The van der Waals surface area contributed by atoms with Crippen molar-refractivity contribution < 1.29 is 31.4 Å². The summed E-state index contributed by atoms with van der Waals surface area (Å²) in [4.78, 5) is 0. The summed E-state index contributed by atoms with van der Waals surface area (Å²) in [7, 11) is 0. The Bertz CT molecular complexity index is 1190. The fourth-order valence-electron chi connectivity index (χ4n) is 3.31. The van der Waals surface area contributed by atoms with Crippen LogP contribution in [-0.4, -0.2) is 11.2 Å². The van der Waals surface area contributed by atoms with Gasteiger partial charge in [0.05, 0.1) is 28.0 Å². The summed E-state index contributed by atoms with van der Waals surface area (Å²) in [6.07, 6.45) is -8.59. The Labute approximate surface area is 203 Å². The Kier molecular flexibility index (Phi) is 8.02. The molecule has 0 spiro atoms. The first-order chi connectivity index (χ1) is 16.4. The third-order valence-corrected chi connectivity index (χ3v) is 5.46. The predicted octanol–water partition coefficient (Wildman–Crippen LogP) is 7.47. The molecule has 1 unspecified atom stereocenters. The van der Waals surface area contributed by atoms with Gasteiger partial charge in [0.2, 0.25) is 0 Å². The molecule has 1 atom stereocenters. The van der Waals surface area contributed by atoms with E-state index in [1.165, 1.54) is 43.5 Å². The zero-order chi connectivity index (χ0) is 25.8. The van der Waals surface area contributed by atoms with Gasteiger partial charge in [-0.2, -0.15) is 26.3 Å². The molecule has 0 aliphatic carbocycles. The lowest BCUT2D eigenvalue weighted by atomic mass is 10.0. The predicted molar refractivity (Wildman–Crippen MR) is 124 cm³/mol. The van der Waals surface area contributed by atoms with Crippen LogP contribution in [0, 0.1) is 0 Å². The Morgan fingerprint density at radius 2 is 1.49 bits per heavy atom. The zero-order valence-electron chi connectivity index (χ0n) is 18.3. The van der Waals surface area contributed by atoms with Gasteiger partial charge in [0.15, 0.2) is 0 Å². The van der Waals surface area contributed by atoms with Crippen LogP contribution >= 0.6 is 11.6 Å². The van der Waals surface area contributed by atoms with Crippen LogP contribution in [0.25, 0.3) is 11.1 Å². The number of hydrogen-bond donors (Lipinski definition) is 3. The molecule has 3 N–H and O–H groups in total. The van der Waals surface area contributed by atoms with Crippen LogP contribution < -0.4 is 10.6 Å². The maximum atomic E-state index is 13.2. The SMILES string of the molecule is CC(O)/C(=C/Nc1ccc(-c2ccc(C(F)(F)F)c(Cl)c2)cc1)NCc1ccccc1C(F)(F)F. The minimum atomic E-state index is -4.54. The van der Waals surface area contributed by atoms with Gasteiger partial charge in [0.25, 0.3) is 0 Å². The number of nitrogens with one attached hydrogen (secondary N) is 2. The third-order valence-electron chi connectivity index (χ3n) is 5.14. The molecule has 186 valence electrons. The molecule has 3 rings (SSSR count). The van der Waals surface area contributed by atoms with Gasteiger partial charge in [-0.25, -0.2) is 0 Å². The van der Waals surface area contributed by atoms with Crippen molar-refractivity contribution in [2.45, 2.75) is 31.9 Å². The number of hydrogen-bond acceptors (Lipinski definition) is 3. The lowest BCUT2D eigenvalue weighted by molar-refractivity contribution is -0.138. The van der Waals surface area contributed by atoms with E-state index >= 15 is 0 Å². The number of alkyl halides is 6. The number of rotatable bonds is 7. The first kappa shape index (κ1) is 26.4. The van der Waals surface area contributed by atoms with Crippen molar-refractivity contribution in [2.75, 3.05) is 5.32 Å². The van der Waals surface area contributed by atoms with E-state index in [-0.39, 0.29) is 17.8 Å². The average molecular weight is 515 g/mol. The normalized spacial score (nSPS) is 13.5. The number of benzene rings is 3. The second-order valence-corrected chi connectivity index (χ2v) is 8.11. The van der Waals surface area contributed by atoms with Gasteiger partial charge in [0, 0.05) is 18.4 Å². The number of anilines is 1. The highest BCUT2D eigenvalue weighted by Crippen LogP contribution is 2.37. The number of aliphatic hydroxyl groups excluding tert-OH is 1. The zero-order valence-corrected chi connectivity index (χ0v) is 19.1. The minimum Gasteiger partial charge on any atom is -0.387 e. The van der Waals surface area contributed by atoms with Crippen LogP contribution in [0.2, 0.25) is 5.02 Å². The standard InChI is InChI=1S/C25H21ClF6N2O/c1-15(35)23(34-13-18-4-2-3-5-20(18)24(27,28)29)14-33-19-9-6-16(7-10-19)17-8-11-21(22(26)12-17)25(30,31)32/h2-12,14-15,33-35H,13H2,1H3/b23-14-. The largest absolute Gasteiger partial charge is 0.417 e. The Morgan fingerprint density at radius 1 is 0.886 bits per heavy atom. The van der Waals surface area contributed by atoms with Crippen molar-refractivity contribution >= 4 is 17.3 Å². The number of aliphatic hydroxyl groups is 1. The fourth-order valence-corrected chi connectivity index (χ4v) is 3.60. The summed E-state index contributed by atoms with van der Waals surface area (Å²) in [5.74, 6) is 0. The maximum absolute atomic E-state index is 13.2. The highest BCUT2D eigenvalue weighted by molar-refractivity contribution is 6.31. The van der Waals surface area contributed by atoms with Crippen LogP contribution in [0.5, 0.6) is 0 Å². The maximum Gasteiger partial charge on any atom is 0.417 e. The molecule has 0 aromatic heterocycles. The Hall–Kier alpha value is -3.17. The molecule has 0 radical (unpaired) electrons. The van der Waals surface area contributed by atoms with Crippen molar-refractivity contribution in [3.8, 4) is 11.1 Å². The highest BCUT2D eigenvalue weighted by atomic mass is 35.5. The molecule has 3 aromatic rings. The molecule has 3 nitrogen and oxygen atoms in total. The van der Waals surface area contributed by atoms with Crippen LogP contribution in [-0.2, 0) is 18.9 Å². The van der Waals surface area contributed by atoms with Crippen molar-refractivity contribution in [3.05, 3.63) is 100 Å². The van der Waals surface area contributed by atoms with Crippen molar-refractivity contribution in [2.24, 2.45) is 0 Å². The molecule has 0 aliphatic rings. The highest BCUT2D eigenvalue weighted by Gasteiger charge is 2.33. The van der Waals surface area contributed by atoms with E-state index < -0.39 is 34.6 Å². The molecule has 0 bridgehead atoms. The number of halogens is 7. The van der Waals surface area contributed by atoms with E-state index in [0.717, 1.165) is 12.1 Å². The van der Waals surface area contributed by atoms with E-state index in [1.54, 1.807) is 24.3 Å². The van der Waals surface area contributed by atoms with Crippen LogP contribution in [0.3, 0.4) is 0 Å². The summed E-state index contributed by atoms with van der Waals surface area (Å²) >= 11 is 5.78.